The van der Waals surface area contributed by atoms with Gasteiger partial charge in [0.2, 0.25) is 5.91 Å². The fourth-order valence-corrected chi connectivity index (χ4v) is 2.58. The van der Waals surface area contributed by atoms with E-state index in [-0.39, 0.29) is 24.2 Å². The number of halogens is 1. The molecule has 2 aromatic carbocycles. The van der Waals surface area contributed by atoms with Crippen molar-refractivity contribution in [3.05, 3.63) is 65.5 Å². The van der Waals surface area contributed by atoms with E-state index < -0.39 is 5.60 Å². The van der Waals surface area contributed by atoms with E-state index in [1.807, 2.05) is 31.2 Å². The van der Waals surface area contributed by atoms with Gasteiger partial charge in [-0.2, -0.15) is 0 Å². The van der Waals surface area contributed by atoms with E-state index in [0.717, 1.165) is 11.3 Å². The first-order valence-corrected chi connectivity index (χ1v) is 8.21. The summed E-state index contributed by atoms with van der Waals surface area (Å²) in [6.45, 7) is 3.62. The number of nitrogens with one attached hydrogen (secondary N) is 1. The van der Waals surface area contributed by atoms with Gasteiger partial charge in [-0.15, -0.1) is 0 Å². The van der Waals surface area contributed by atoms with E-state index in [2.05, 4.69) is 5.32 Å². The zero-order chi connectivity index (χ0) is 18.4. The number of carbonyl (C=O) groups excluding carboxylic acids is 1. The van der Waals surface area contributed by atoms with Gasteiger partial charge in [-0.05, 0) is 48.2 Å². The van der Waals surface area contributed by atoms with E-state index >= 15 is 0 Å². The van der Waals surface area contributed by atoms with Crippen LogP contribution in [0.1, 0.15) is 37.3 Å². The van der Waals surface area contributed by atoms with Crippen LogP contribution in [0.4, 0.5) is 4.39 Å². The van der Waals surface area contributed by atoms with Crippen LogP contribution >= 0.6 is 0 Å². The standard InChI is InChI=1S/C20H24FNO3/c1-14(15-4-10-18(25-3)11-5-15)12-19(23)22-13-20(2,24)16-6-8-17(21)9-7-16/h4-11,14,24H,12-13H2,1-3H3,(H,22,23). The molecule has 2 aromatic rings. The molecular formula is C20H24FNO3. The summed E-state index contributed by atoms with van der Waals surface area (Å²) in [5.41, 5.74) is 0.339. The molecule has 5 heteroatoms. The molecule has 0 radical (unpaired) electrons. The van der Waals surface area contributed by atoms with Gasteiger partial charge in [0.25, 0.3) is 0 Å². The number of carbonyl (C=O) groups is 1. The molecule has 0 saturated carbocycles. The molecule has 0 aliphatic carbocycles. The van der Waals surface area contributed by atoms with Gasteiger partial charge in [-0.1, -0.05) is 31.2 Å². The van der Waals surface area contributed by atoms with Crippen molar-refractivity contribution in [2.24, 2.45) is 0 Å². The van der Waals surface area contributed by atoms with Crippen LogP contribution in [0.25, 0.3) is 0 Å². The largest absolute Gasteiger partial charge is 0.497 e. The van der Waals surface area contributed by atoms with Crippen molar-refractivity contribution in [3.8, 4) is 5.75 Å². The fraction of sp³-hybridized carbons (Fsp3) is 0.350. The van der Waals surface area contributed by atoms with Gasteiger partial charge in [0.1, 0.15) is 17.2 Å². The number of rotatable bonds is 7. The summed E-state index contributed by atoms with van der Waals surface area (Å²) in [7, 11) is 1.61. The monoisotopic (exact) mass is 345 g/mol. The quantitative estimate of drug-likeness (QED) is 0.809. The Morgan fingerprint density at radius 2 is 1.80 bits per heavy atom. The molecule has 0 saturated heterocycles. The van der Waals surface area contributed by atoms with Crippen molar-refractivity contribution in [2.75, 3.05) is 13.7 Å². The molecule has 0 aromatic heterocycles. The highest BCUT2D eigenvalue weighted by Crippen LogP contribution is 2.23. The van der Waals surface area contributed by atoms with Gasteiger partial charge in [0.05, 0.1) is 13.7 Å². The number of methoxy groups -OCH3 is 1. The summed E-state index contributed by atoms with van der Waals surface area (Å²) in [6, 6.07) is 13.2. The molecule has 0 aliphatic heterocycles. The molecule has 2 N–H and O–H groups in total. The Morgan fingerprint density at radius 3 is 2.36 bits per heavy atom. The summed E-state index contributed by atoms with van der Waals surface area (Å²) >= 11 is 0. The highest BCUT2D eigenvalue weighted by atomic mass is 19.1. The van der Waals surface area contributed by atoms with Gasteiger partial charge < -0.3 is 15.2 Å². The molecule has 25 heavy (non-hydrogen) atoms. The maximum atomic E-state index is 13.0. The van der Waals surface area contributed by atoms with Crippen LogP contribution < -0.4 is 10.1 Å². The first-order chi connectivity index (χ1) is 11.8. The molecule has 0 fully saturated rings. The predicted octanol–water partition coefficient (Wildman–Crippen LogP) is 3.35. The number of benzene rings is 2. The molecule has 2 rings (SSSR count). The minimum absolute atomic E-state index is 0.0432. The molecular weight excluding hydrogens is 321 g/mol. The highest BCUT2D eigenvalue weighted by molar-refractivity contribution is 5.77. The van der Waals surface area contributed by atoms with Crippen molar-refractivity contribution < 1.29 is 19.0 Å². The van der Waals surface area contributed by atoms with Gasteiger partial charge >= 0.3 is 0 Å². The molecule has 1 amide bonds. The molecule has 0 heterocycles. The minimum Gasteiger partial charge on any atom is -0.497 e. The maximum absolute atomic E-state index is 13.0. The number of hydrogen-bond acceptors (Lipinski definition) is 3. The van der Waals surface area contributed by atoms with Gasteiger partial charge in [0.15, 0.2) is 0 Å². The Kier molecular flexibility index (Phi) is 6.15. The molecule has 4 nitrogen and oxygen atoms in total. The summed E-state index contributed by atoms with van der Waals surface area (Å²) in [6.07, 6.45) is 0.311. The maximum Gasteiger partial charge on any atom is 0.220 e. The van der Waals surface area contributed by atoms with Crippen molar-refractivity contribution in [2.45, 2.75) is 31.8 Å². The molecule has 134 valence electrons. The second-order valence-electron chi connectivity index (χ2n) is 6.44. The lowest BCUT2D eigenvalue weighted by Crippen LogP contribution is -2.38. The topological polar surface area (TPSA) is 58.6 Å². The van der Waals surface area contributed by atoms with Crippen LogP contribution in [0.5, 0.6) is 5.75 Å². The summed E-state index contributed by atoms with van der Waals surface area (Å²) in [5.74, 6) is 0.306. The number of amides is 1. The summed E-state index contributed by atoms with van der Waals surface area (Å²) in [5, 5.41) is 13.2. The van der Waals surface area contributed by atoms with Crippen molar-refractivity contribution in [1.29, 1.82) is 0 Å². The van der Waals surface area contributed by atoms with Crippen LogP contribution in [0.2, 0.25) is 0 Å². The van der Waals surface area contributed by atoms with Crippen LogP contribution in [-0.2, 0) is 10.4 Å². The SMILES string of the molecule is COc1ccc(C(C)CC(=O)NCC(C)(O)c2ccc(F)cc2)cc1. The third kappa shape index (κ3) is 5.29. The average Bonchev–Trinajstić information content (AvgIpc) is 2.60. The van der Waals surface area contributed by atoms with Crippen LogP contribution in [0.3, 0.4) is 0 Å². The van der Waals surface area contributed by atoms with Gasteiger partial charge in [-0.3, -0.25) is 4.79 Å². The Hall–Kier alpha value is -2.40. The second-order valence-corrected chi connectivity index (χ2v) is 6.44. The second kappa shape index (κ2) is 8.12. The third-order valence-electron chi connectivity index (χ3n) is 4.27. The molecule has 0 aliphatic rings. The molecule has 0 bridgehead atoms. The lowest BCUT2D eigenvalue weighted by molar-refractivity contribution is -0.122. The van der Waals surface area contributed by atoms with Gasteiger partial charge in [0, 0.05) is 6.42 Å². The predicted molar refractivity (Wildman–Crippen MR) is 95.0 cm³/mol. The number of aliphatic hydroxyl groups is 1. The molecule has 2 unspecified atom stereocenters. The van der Waals surface area contributed by atoms with E-state index in [1.54, 1.807) is 14.0 Å². The van der Waals surface area contributed by atoms with Crippen LogP contribution in [-0.4, -0.2) is 24.7 Å². The Bertz CT molecular complexity index is 696. The minimum atomic E-state index is -1.26. The lowest BCUT2D eigenvalue weighted by Gasteiger charge is -2.24. The third-order valence-corrected chi connectivity index (χ3v) is 4.27. The Balaban J connectivity index is 1.89. The van der Waals surface area contributed by atoms with Crippen molar-refractivity contribution in [3.63, 3.8) is 0 Å². The Labute approximate surface area is 147 Å². The molecule has 2 atom stereocenters. The van der Waals surface area contributed by atoms with E-state index in [0.29, 0.717) is 12.0 Å². The zero-order valence-corrected chi connectivity index (χ0v) is 14.8. The van der Waals surface area contributed by atoms with Crippen molar-refractivity contribution >= 4 is 5.91 Å². The summed E-state index contributed by atoms with van der Waals surface area (Å²) < 4.78 is 18.1. The van der Waals surface area contributed by atoms with Gasteiger partial charge in [-0.25, -0.2) is 4.39 Å². The first-order valence-electron chi connectivity index (χ1n) is 8.21. The van der Waals surface area contributed by atoms with Crippen LogP contribution in [0.15, 0.2) is 48.5 Å². The van der Waals surface area contributed by atoms with E-state index in [9.17, 15) is 14.3 Å². The summed E-state index contributed by atoms with van der Waals surface area (Å²) in [4.78, 5) is 12.2. The highest BCUT2D eigenvalue weighted by Gasteiger charge is 2.24. The van der Waals surface area contributed by atoms with Crippen LogP contribution in [0, 0.1) is 5.82 Å². The van der Waals surface area contributed by atoms with E-state index in [4.69, 9.17) is 4.74 Å². The zero-order valence-electron chi connectivity index (χ0n) is 14.8. The molecule has 0 spiro atoms. The average molecular weight is 345 g/mol. The Morgan fingerprint density at radius 1 is 1.20 bits per heavy atom. The van der Waals surface area contributed by atoms with E-state index in [1.165, 1.54) is 24.3 Å². The fourth-order valence-electron chi connectivity index (χ4n) is 2.58. The first kappa shape index (κ1) is 18.9. The smallest absolute Gasteiger partial charge is 0.220 e. The number of ether oxygens (including phenoxy) is 1. The normalized spacial score (nSPS) is 14.4. The number of hydrogen-bond donors (Lipinski definition) is 2. The lowest BCUT2D eigenvalue weighted by atomic mass is 9.95. The van der Waals surface area contributed by atoms with Crippen molar-refractivity contribution in [1.82, 2.24) is 5.32 Å².